The smallest absolute Gasteiger partial charge is 0.323 e. The van der Waals surface area contributed by atoms with Crippen LogP contribution in [-0.2, 0) is 4.79 Å². The van der Waals surface area contributed by atoms with E-state index in [0.29, 0.717) is 6.42 Å². The zero-order valence-corrected chi connectivity index (χ0v) is 12.0. The molecule has 2 unspecified atom stereocenters. The van der Waals surface area contributed by atoms with Crippen molar-refractivity contribution in [2.24, 2.45) is 5.92 Å². The molecule has 1 aliphatic rings. The molecule has 0 amide bonds. The molecule has 18 heavy (non-hydrogen) atoms. The Balaban J connectivity index is 2.31. The van der Waals surface area contributed by atoms with E-state index in [1.807, 2.05) is 0 Å². The second-order valence-corrected chi connectivity index (χ2v) is 5.86. The standard InChI is InChI=1S/C14H28N2O2/c1-4-8-15-14(3,13(17)18)7-5-9-16-10-6-12(2)11-16/h12,15H,4-11H2,1-3H3,(H,17,18). The van der Waals surface area contributed by atoms with Gasteiger partial charge in [-0.3, -0.25) is 4.79 Å². The van der Waals surface area contributed by atoms with Crippen LogP contribution >= 0.6 is 0 Å². The van der Waals surface area contributed by atoms with Crippen molar-refractivity contribution in [2.45, 2.75) is 52.0 Å². The summed E-state index contributed by atoms with van der Waals surface area (Å²) in [5, 5.41) is 12.5. The summed E-state index contributed by atoms with van der Waals surface area (Å²) >= 11 is 0. The Morgan fingerprint density at radius 2 is 2.28 bits per heavy atom. The van der Waals surface area contributed by atoms with Crippen molar-refractivity contribution >= 4 is 5.97 Å². The normalized spacial score (nSPS) is 24.1. The van der Waals surface area contributed by atoms with Crippen molar-refractivity contribution in [2.75, 3.05) is 26.2 Å². The highest BCUT2D eigenvalue weighted by molar-refractivity contribution is 5.78. The first kappa shape index (κ1) is 15.4. The van der Waals surface area contributed by atoms with Crippen LogP contribution in [0.25, 0.3) is 0 Å². The highest BCUT2D eigenvalue weighted by Gasteiger charge is 2.31. The zero-order chi connectivity index (χ0) is 13.6. The molecule has 1 heterocycles. The maximum absolute atomic E-state index is 11.3. The molecule has 0 radical (unpaired) electrons. The van der Waals surface area contributed by atoms with Crippen LogP contribution in [0.1, 0.15) is 46.5 Å². The van der Waals surface area contributed by atoms with Crippen LogP contribution in [0.15, 0.2) is 0 Å². The summed E-state index contributed by atoms with van der Waals surface area (Å²) in [7, 11) is 0. The predicted molar refractivity (Wildman–Crippen MR) is 73.8 cm³/mol. The Hall–Kier alpha value is -0.610. The van der Waals surface area contributed by atoms with Crippen LogP contribution in [0.4, 0.5) is 0 Å². The van der Waals surface area contributed by atoms with E-state index in [-0.39, 0.29) is 0 Å². The highest BCUT2D eigenvalue weighted by atomic mass is 16.4. The van der Waals surface area contributed by atoms with Crippen LogP contribution in [0.5, 0.6) is 0 Å². The van der Waals surface area contributed by atoms with Gasteiger partial charge in [0.2, 0.25) is 0 Å². The fraction of sp³-hybridized carbons (Fsp3) is 0.929. The molecule has 0 spiro atoms. The van der Waals surface area contributed by atoms with Gasteiger partial charge in [-0.15, -0.1) is 0 Å². The molecule has 0 aliphatic carbocycles. The molecule has 0 bridgehead atoms. The lowest BCUT2D eigenvalue weighted by atomic mass is 9.95. The second kappa shape index (κ2) is 7.10. The summed E-state index contributed by atoms with van der Waals surface area (Å²) in [6.45, 7) is 10.3. The second-order valence-electron chi connectivity index (χ2n) is 5.86. The Labute approximate surface area is 111 Å². The third kappa shape index (κ3) is 4.58. The van der Waals surface area contributed by atoms with Crippen LogP contribution in [0.3, 0.4) is 0 Å². The van der Waals surface area contributed by atoms with Gasteiger partial charge in [-0.2, -0.15) is 0 Å². The van der Waals surface area contributed by atoms with E-state index in [4.69, 9.17) is 0 Å². The number of hydrogen-bond donors (Lipinski definition) is 2. The Kier molecular flexibility index (Phi) is 6.09. The molecule has 1 rings (SSSR count). The molecule has 1 saturated heterocycles. The van der Waals surface area contributed by atoms with Gasteiger partial charge < -0.3 is 15.3 Å². The molecule has 0 aromatic carbocycles. The largest absolute Gasteiger partial charge is 0.480 e. The average molecular weight is 256 g/mol. The van der Waals surface area contributed by atoms with Gasteiger partial charge >= 0.3 is 5.97 Å². The SMILES string of the molecule is CCCNC(C)(CCCN1CCC(C)C1)C(=O)O. The molecule has 0 aromatic heterocycles. The van der Waals surface area contributed by atoms with Crippen LogP contribution in [0.2, 0.25) is 0 Å². The van der Waals surface area contributed by atoms with Crippen LogP contribution in [0, 0.1) is 5.92 Å². The van der Waals surface area contributed by atoms with Gasteiger partial charge in [0.25, 0.3) is 0 Å². The third-order valence-corrected chi connectivity index (χ3v) is 3.90. The monoisotopic (exact) mass is 256 g/mol. The summed E-state index contributed by atoms with van der Waals surface area (Å²) in [6.07, 6.45) is 3.90. The molecule has 4 heteroatoms. The molecule has 2 N–H and O–H groups in total. The van der Waals surface area contributed by atoms with E-state index in [1.165, 1.54) is 19.5 Å². The number of rotatable bonds is 8. The Bertz CT molecular complexity index is 271. The summed E-state index contributed by atoms with van der Waals surface area (Å²) in [5.74, 6) is 0.0693. The van der Waals surface area contributed by atoms with Crippen molar-refractivity contribution in [3.63, 3.8) is 0 Å². The van der Waals surface area contributed by atoms with Crippen molar-refractivity contribution in [3.05, 3.63) is 0 Å². The van der Waals surface area contributed by atoms with E-state index in [1.54, 1.807) is 6.92 Å². The maximum atomic E-state index is 11.3. The van der Waals surface area contributed by atoms with E-state index in [0.717, 1.165) is 31.8 Å². The van der Waals surface area contributed by atoms with Gasteiger partial charge in [-0.1, -0.05) is 13.8 Å². The molecule has 1 aliphatic heterocycles. The van der Waals surface area contributed by atoms with E-state index in [2.05, 4.69) is 24.1 Å². The van der Waals surface area contributed by atoms with Gasteiger partial charge in [-0.25, -0.2) is 0 Å². The van der Waals surface area contributed by atoms with E-state index < -0.39 is 11.5 Å². The Morgan fingerprint density at radius 1 is 1.56 bits per heavy atom. The zero-order valence-electron chi connectivity index (χ0n) is 12.0. The number of carboxylic acid groups (broad SMARTS) is 1. The van der Waals surface area contributed by atoms with Crippen molar-refractivity contribution < 1.29 is 9.90 Å². The van der Waals surface area contributed by atoms with Gasteiger partial charge in [-0.05, 0) is 58.2 Å². The summed E-state index contributed by atoms with van der Waals surface area (Å²) in [5.41, 5.74) is -0.763. The molecule has 0 saturated carbocycles. The number of hydrogen-bond acceptors (Lipinski definition) is 3. The minimum atomic E-state index is -0.763. The number of carboxylic acids is 1. The van der Waals surface area contributed by atoms with Gasteiger partial charge in [0.05, 0.1) is 0 Å². The quantitative estimate of drug-likeness (QED) is 0.697. The molecule has 106 valence electrons. The minimum absolute atomic E-state index is 0.702. The lowest BCUT2D eigenvalue weighted by Crippen LogP contribution is -2.50. The van der Waals surface area contributed by atoms with E-state index >= 15 is 0 Å². The lowest BCUT2D eigenvalue weighted by molar-refractivity contribution is -0.144. The highest BCUT2D eigenvalue weighted by Crippen LogP contribution is 2.18. The third-order valence-electron chi connectivity index (χ3n) is 3.90. The number of nitrogens with one attached hydrogen (secondary N) is 1. The van der Waals surface area contributed by atoms with Gasteiger partial charge in [0, 0.05) is 6.54 Å². The first-order chi connectivity index (χ1) is 8.48. The molecular weight excluding hydrogens is 228 g/mol. The Morgan fingerprint density at radius 3 is 2.78 bits per heavy atom. The van der Waals surface area contributed by atoms with Crippen LogP contribution in [-0.4, -0.2) is 47.7 Å². The van der Waals surface area contributed by atoms with Crippen LogP contribution < -0.4 is 5.32 Å². The molecule has 2 atom stereocenters. The number of carbonyl (C=O) groups is 1. The summed E-state index contributed by atoms with van der Waals surface area (Å²) < 4.78 is 0. The predicted octanol–water partition coefficient (Wildman–Crippen LogP) is 1.95. The molecular formula is C14H28N2O2. The maximum Gasteiger partial charge on any atom is 0.323 e. The first-order valence-electron chi connectivity index (χ1n) is 7.18. The average Bonchev–Trinajstić information content (AvgIpc) is 2.72. The summed E-state index contributed by atoms with van der Waals surface area (Å²) in [6, 6.07) is 0. The first-order valence-corrected chi connectivity index (χ1v) is 7.18. The molecule has 0 aromatic rings. The fourth-order valence-electron chi connectivity index (χ4n) is 2.56. The lowest BCUT2D eigenvalue weighted by Gasteiger charge is -2.27. The van der Waals surface area contributed by atoms with Crippen molar-refractivity contribution in [1.29, 1.82) is 0 Å². The van der Waals surface area contributed by atoms with Crippen molar-refractivity contribution in [3.8, 4) is 0 Å². The van der Waals surface area contributed by atoms with E-state index in [9.17, 15) is 9.90 Å². The van der Waals surface area contributed by atoms with Crippen molar-refractivity contribution in [1.82, 2.24) is 10.2 Å². The molecule has 1 fully saturated rings. The number of likely N-dealkylation sites (tertiary alicyclic amines) is 1. The summed E-state index contributed by atoms with van der Waals surface area (Å²) in [4.78, 5) is 13.8. The molecule has 4 nitrogen and oxygen atoms in total. The van der Waals surface area contributed by atoms with Gasteiger partial charge in [0.15, 0.2) is 0 Å². The van der Waals surface area contributed by atoms with Gasteiger partial charge in [0.1, 0.15) is 5.54 Å². The fourth-order valence-corrected chi connectivity index (χ4v) is 2.56. The number of nitrogens with zero attached hydrogens (tertiary/aromatic N) is 1. The number of aliphatic carboxylic acids is 1. The topological polar surface area (TPSA) is 52.6 Å². The minimum Gasteiger partial charge on any atom is -0.480 e.